The van der Waals surface area contributed by atoms with Gasteiger partial charge in [0.1, 0.15) is 11.9 Å². The van der Waals surface area contributed by atoms with Gasteiger partial charge in [0.25, 0.3) is 0 Å². The molecule has 0 bridgehead atoms. The molecule has 2 aromatic rings. The Morgan fingerprint density at radius 2 is 1.97 bits per heavy atom. The summed E-state index contributed by atoms with van der Waals surface area (Å²) < 4.78 is 45.5. The van der Waals surface area contributed by atoms with Gasteiger partial charge in [0.15, 0.2) is 0 Å². The van der Waals surface area contributed by atoms with Crippen LogP contribution in [-0.2, 0) is 19.6 Å². The number of aromatic nitrogens is 1. The molecular formula is C27H31FN2O4S. The largest absolute Gasteiger partial charge is 0.462 e. The van der Waals surface area contributed by atoms with Crippen molar-refractivity contribution in [1.82, 2.24) is 9.71 Å². The molecule has 7 atom stereocenters. The molecule has 0 amide bonds. The standard InChI is InChI=1S/C27H31FN2O4S/c1-16-26-24(11-8-21-7-6-18(15-29-21)17-4-3-5-20(28)12-17)23-10-9-22(30-35(2,32)33)13-19(23)14-25(26)27(31)34-16/h3-8,11-12,15-16,19,22-26,30H,9-10,13-14H2,1-2H3/t16-,19+,22?,23-,24+,25-,26+/m1/s1. The third kappa shape index (κ3) is 5.19. The second-order valence-corrected chi connectivity index (χ2v) is 12.1. The van der Waals surface area contributed by atoms with Crippen molar-refractivity contribution in [3.63, 3.8) is 0 Å². The molecule has 1 saturated heterocycles. The molecule has 1 aromatic heterocycles. The van der Waals surface area contributed by atoms with Crippen molar-refractivity contribution in [2.45, 2.75) is 44.8 Å². The van der Waals surface area contributed by atoms with E-state index in [9.17, 15) is 17.6 Å². The molecule has 1 aliphatic heterocycles. The number of ether oxygens (including phenoxy) is 1. The van der Waals surface area contributed by atoms with Gasteiger partial charge < -0.3 is 4.74 Å². The number of hydrogen-bond donors (Lipinski definition) is 1. The van der Waals surface area contributed by atoms with E-state index in [0.29, 0.717) is 5.92 Å². The Bertz CT molecular complexity index is 1230. The van der Waals surface area contributed by atoms with Gasteiger partial charge >= 0.3 is 5.97 Å². The first-order valence-corrected chi connectivity index (χ1v) is 14.1. The van der Waals surface area contributed by atoms with Crippen LogP contribution in [0.25, 0.3) is 17.2 Å². The molecule has 1 unspecified atom stereocenters. The number of sulfonamides is 1. The fourth-order valence-electron chi connectivity index (χ4n) is 6.58. The molecule has 3 aliphatic rings. The highest BCUT2D eigenvalue weighted by Gasteiger charge is 2.54. The number of rotatable bonds is 5. The van der Waals surface area contributed by atoms with Crippen molar-refractivity contribution in [2.24, 2.45) is 29.6 Å². The Hall–Kier alpha value is -2.58. The summed E-state index contributed by atoms with van der Waals surface area (Å²) >= 11 is 0. The number of nitrogens with one attached hydrogen (secondary N) is 1. The number of pyridine rings is 1. The average molecular weight is 499 g/mol. The third-order valence-corrected chi connectivity index (χ3v) is 8.72. The first kappa shape index (κ1) is 24.1. The Morgan fingerprint density at radius 1 is 1.14 bits per heavy atom. The van der Waals surface area contributed by atoms with E-state index in [4.69, 9.17) is 4.74 Å². The van der Waals surface area contributed by atoms with Crippen molar-refractivity contribution < 1.29 is 22.3 Å². The highest BCUT2D eigenvalue weighted by atomic mass is 32.2. The number of allylic oxidation sites excluding steroid dienone is 1. The zero-order valence-corrected chi connectivity index (χ0v) is 20.7. The normalized spacial score (nSPS) is 32.8. The first-order valence-electron chi connectivity index (χ1n) is 12.3. The highest BCUT2D eigenvalue weighted by molar-refractivity contribution is 7.88. The average Bonchev–Trinajstić information content (AvgIpc) is 3.09. The molecule has 1 aromatic carbocycles. The summed E-state index contributed by atoms with van der Waals surface area (Å²) in [5.41, 5.74) is 2.43. The van der Waals surface area contributed by atoms with E-state index < -0.39 is 10.0 Å². The molecule has 2 aliphatic carbocycles. The van der Waals surface area contributed by atoms with E-state index in [-0.39, 0.29) is 47.6 Å². The van der Waals surface area contributed by atoms with Gasteiger partial charge in [-0.05, 0) is 80.2 Å². The van der Waals surface area contributed by atoms with Gasteiger partial charge in [0, 0.05) is 23.7 Å². The quantitative estimate of drug-likeness (QED) is 0.617. The molecule has 6 nitrogen and oxygen atoms in total. The van der Waals surface area contributed by atoms with E-state index in [1.807, 2.05) is 31.2 Å². The zero-order valence-electron chi connectivity index (χ0n) is 19.9. The Kier molecular flexibility index (Phi) is 6.53. The molecule has 0 radical (unpaired) electrons. The van der Waals surface area contributed by atoms with Crippen molar-refractivity contribution >= 4 is 22.1 Å². The molecular weight excluding hydrogens is 467 g/mol. The number of cyclic esters (lactones) is 1. The van der Waals surface area contributed by atoms with Gasteiger partial charge in [-0.3, -0.25) is 9.78 Å². The van der Waals surface area contributed by atoms with Crippen LogP contribution in [-0.4, -0.2) is 37.8 Å². The summed E-state index contributed by atoms with van der Waals surface area (Å²) in [6.07, 6.45) is 10.2. The molecule has 5 rings (SSSR count). The van der Waals surface area contributed by atoms with Gasteiger partial charge in [-0.2, -0.15) is 0 Å². The Balaban J connectivity index is 1.37. The van der Waals surface area contributed by atoms with E-state index in [1.165, 1.54) is 18.4 Å². The number of carbonyl (C=O) groups excluding carboxylic acids is 1. The van der Waals surface area contributed by atoms with Crippen LogP contribution in [0.15, 0.2) is 48.7 Å². The summed E-state index contributed by atoms with van der Waals surface area (Å²) in [5, 5.41) is 0. The van der Waals surface area contributed by atoms with Gasteiger partial charge in [-0.15, -0.1) is 0 Å². The summed E-state index contributed by atoms with van der Waals surface area (Å²) in [6, 6.07) is 10.2. The minimum atomic E-state index is -3.27. The number of carbonyl (C=O) groups is 1. The van der Waals surface area contributed by atoms with Crippen LogP contribution in [0.4, 0.5) is 4.39 Å². The lowest BCUT2D eigenvalue weighted by Gasteiger charge is -2.47. The summed E-state index contributed by atoms with van der Waals surface area (Å²) in [4.78, 5) is 17.2. The maximum absolute atomic E-state index is 13.6. The van der Waals surface area contributed by atoms with Crippen LogP contribution in [0.3, 0.4) is 0 Å². The minimum absolute atomic E-state index is 0.0840. The number of halogens is 1. The predicted octanol–water partition coefficient (Wildman–Crippen LogP) is 4.43. The number of fused-ring (bicyclic) bond motifs is 2. The Labute approximate surface area is 206 Å². The lowest BCUT2D eigenvalue weighted by molar-refractivity contribution is -0.144. The van der Waals surface area contributed by atoms with Gasteiger partial charge in [-0.25, -0.2) is 17.5 Å². The van der Waals surface area contributed by atoms with Crippen LogP contribution in [0.5, 0.6) is 0 Å². The number of benzene rings is 1. The van der Waals surface area contributed by atoms with Crippen molar-refractivity contribution in [3.8, 4) is 11.1 Å². The van der Waals surface area contributed by atoms with E-state index in [1.54, 1.807) is 12.3 Å². The van der Waals surface area contributed by atoms with Crippen molar-refractivity contribution in [1.29, 1.82) is 0 Å². The predicted molar refractivity (Wildman–Crippen MR) is 132 cm³/mol. The molecule has 3 fully saturated rings. The molecule has 2 heterocycles. The molecule has 2 saturated carbocycles. The van der Waals surface area contributed by atoms with Crippen LogP contribution < -0.4 is 4.72 Å². The molecule has 8 heteroatoms. The summed E-state index contributed by atoms with van der Waals surface area (Å²) in [5.74, 6) is 0.344. The van der Waals surface area contributed by atoms with Crippen molar-refractivity contribution in [2.75, 3.05) is 6.26 Å². The zero-order chi connectivity index (χ0) is 24.7. The fourth-order valence-corrected chi connectivity index (χ4v) is 7.40. The van der Waals surface area contributed by atoms with Crippen LogP contribution >= 0.6 is 0 Å². The van der Waals surface area contributed by atoms with Crippen molar-refractivity contribution in [3.05, 3.63) is 60.2 Å². The van der Waals surface area contributed by atoms with E-state index in [2.05, 4.69) is 15.8 Å². The van der Waals surface area contributed by atoms with Crippen LogP contribution in [0.1, 0.15) is 38.3 Å². The number of esters is 1. The molecule has 0 spiro atoms. The number of nitrogens with zero attached hydrogens (tertiary/aromatic N) is 1. The second-order valence-electron chi connectivity index (χ2n) is 10.3. The van der Waals surface area contributed by atoms with Crippen LogP contribution in [0, 0.1) is 35.4 Å². The maximum Gasteiger partial charge on any atom is 0.309 e. The topological polar surface area (TPSA) is 85.4 Å². The molecule has 1 N–H and O–H groups in total. The van der Waals surface area contributed by atoms with Crippen LogP contribution in [0.2, 0.25) is 0 Å². The highest BCUT2D eigenvalue weighted by Crippen LogP contribution is 2.53. The smallest absolute Gasteiger partial charge is 0.309 e. The fraction of sp³-hybridized carbons (Fsp3) is 0.481. The molecule has 186 valence electrons. The Morgan fingerprint density at radius 3 is 2.69 bits per heavy atom. The van der Waals surface area contributed by atoms with Gasteiger partial charge in [0.05, 0.1) is 17.9 Å². The van der Waals surface area contributed by atoms with Gasteiger partial charge in [-0.1, -0.05) is 24.3 Å². The monoisotopic (exact) mass is 498 g/mol. The first-order chi connectivity index (χ1) is 16.7. The lowest BCUT2D eigenvalue weighted by Crippen LogP contribution is -2.48. The lowest BCUT2D eigenvalue weighted by atomic mass is 9.57. The minimum Gasteiger partial charge on any atom is -0.462 e. The SMILES string of the molecule is C[C@H]1OC(=O)[C@@H]2C[C@@H]3CC(NS(C)(=O)=O)CC[C@H]3[C@H](C=Cc3ccc(-c4cccc(F)c4)cn3)[C@H]12. The molecule has 35 heavy (non-hydrogen) atoms. The van der Waals surface area contributed by atoms with Gasteiger partial charge in [0.2, 0.25) is 10.0 Å². The third-order valence-electron chi connectivity index (χ3n) is 7.96. The second kappa shape index (κ2) is 9.47. The van der Waals surface area contributed by atoms with E-state index >= 15 is 0 Å². The summed E-state index contributed by atoms with van der Waals surface area (Å²) in [6.45, 7) is 1.98. The number of hydrogen-bond acceptors (Lipinski definition) is 5. The maximum atomic E-state index is 13.6. The van der Waals surface area contributed by atoms with E-state index in [0.717, 1.165) is 42.5 Å². The summed E-state index contributed by atoms with van der Waals surface area (Å²) in [7, 11) is -3.27.